The lowest BCUT2D eigenvalue weighted by molar-refractivity contribution is 0.216. The highest BCUT2D eigenvalue weighted by molar-refractivity contribution is 5.93. The molecule has 2 aliphatic rings. The minimum absolute atomic E-state index is 1.03. The summed E-state index contributed by atoms with van der Waals surface area (Å²) in [6.07, 6.45) is 7.38. The van der Waals surface area contributed by atoms with E-state index in [2.05, 4.69) is 40.9 Å². The molecule has 2 heterocycles. The van der Waals surface area contributed by atoms with Crippen molar-refractivity contribution >= 4 is 5.84 Å². The van der Waals surface area contributed by atoms with E-state index < -0.39 is 0 Å². The summed E-state index contributed by atoms with van der Waals surface area (Å²) in [4.78, 5) is 9.25. The zero-order valence-electron chi connectivity index (χ0n) is 9.61. The Morgan fingerprint density at radius 1 is 1.20 bits per heavy atom. The van der Waals surface area contributed by atoms with E-state index in [1.165, 1.54) is 5.57 Å². The van der Waals surface area contributed by atoms with Gasteiger partial charge < -0.3 is 9.80 Å². The van der Waals surface area contributed by atoms with E-state index in [4.69, 9.17) is 0 Å². The van der Waals surface area contributed by atoms with Gasteiger partial charge in [-0.05, 0) is 26.5 Å². The predicted octanol–water partition coefficient (Wildman–Crippen LogP) is 1.50. The summed E-state index contributed by atoms with van der Waals surface area (Å²) < 4.78 is 0. The lowest BCUT2D eigenvalue weighted by Gasteiger charge is -2.33. The molecule has 0 aliphatic carbocycles. The van der Waals surface area contributed by atoms with Crippen molar-refractivity contribution in [3.63, 3.8) is 0 Å². The van der Waals surface area contributed by atoms with Crippen molar-refractivity contribution in [2.24, 2.45) is 4.99 Å². The van der Waals surface area contributed by atoms with Crippen LogP contribution in [0, 0.1) is 0 Å². The minimum Gasteiger partial charge on any atom is -0.354 e. The number of nitrogens with zero attached hydrogens (tertiary/aromatic N) is 3. The van der Waals surface area contributed by atoms with Crippen LogP contribution in [0.2, 0.25) is 0 Å². The second kappa shape index (κ2) is 4.62. The van der Waals surface area contributed by atoms with Gasteiger partial charge in [-0.1, -0.05) is 11.6 Å². The van der Waals surface area contributed by atoms with Gasteiger partial charge in [0.1, 0.15) is 5.84 Å². The molecule has 0 radical (unpaired) electrons. The van der Waals surface area contributed by atoms with E-state index in [0.29, 0.717) is 0 Å². The van der Waals surface area contributed by atoms with Crippen LogP contribution in [0.5, 0.6) is 0 Å². The number of amidine groups is 1. The fourth-order valence-corrected chi connectivity index (χ4v) is 1.84. The van der Waals surface area contributed by atoms with Gasteiger partial charge in [-0.2, -0.15) is 0 Å². The van der Waals surface area contributed by atoms with Crippen LogP contribution in [0.25, 0.3) is 0 Å². The maximum absolute atomic E-state index is 4.53. The first-order chi connectivity index (χ1) is 7.25. The summed E-state index contributed by atoms with van der Waals surface area (Å²) in [5.41, 5.74) is 1.33. The zero-order valence-corrected chi connectivity index (χ0v) is 9.61. The van der Waals surface area contributed by atoms with E-state index in [1.807, 2.05) is 6.20 Å². The molecule has 0 saturated carbocycles. The van der Waals surface area contributed by atoms with E-state index in [0.717, 1.165) is 38.4 Å². The fraction of sp³-hybridized carbons (Fsp3) is 0.583. The number of hydrogen-bond donors (Lipinski definition) is 0. The third-order valence-electron chi connectivity index (χ3n) is 2.95. The molecule has 3 nitrogen and oxygen atoms in total. The van der Waals surface area contributed by atoms with Gasteiger partial charge in [-0.15, -0.1) is 0 Å². The average Bonchev–Trinajstić information content (AvgIpc) is 2.44. The Labute approximate surface area is 91.8 Å². The second-order valence-electron chi connectivity index (χ2n) is 4.36. The number of rotatable bonds is 0. The van der Waals surface area contributed by atoms with Gasteiger partial charge in [0.2, 0.25) is 0 Å². The van der Waals surface area contributed by atoms with Crippen molar-refractivity contribution in [3.8, 4) is 0 Å². The SMILES string of the molecule is CC1=CN=C(N2CCN(C)CC2)C=CC1. The zero-order chi connectivity index (χ0) is 10.7. The van der Waals surface area contributed by atoms with Crippen molar-refractivity contribution < 1.29 is 0 Å². The standard InChI is InChI=1S/C12H19N3/c1-11-4-3-5-12(13-10-11)15-8-6-14(2)7-9-15/h3,5,10H,4,6-9H2,1-2H3. The quantitative estimate of drug-likeness (QED) is 0.597. The minimum atomic E-state index is 1.03. The molecule has 0 amide bonds. The van der Waals surface area contributed by atoms with Gasteiger partial charge in [0.15, 0.2) is 0 Å². The summed E-state index contributed by atoms with van der Waals surface area (Å²) in [7, 11) is 2.17. The topological polar surface area (TPSA) is 18.8 Å². The van der Waals surface area contributed by atoms with Crippen LogP contribution >= 0.6 is 0 Å². The van der Waals surface area contributed by atoms with E-state index in [9.17, 15) is 0 Å². The first kappa shape index (κ1) is 10.4. The molecule has 0 bridgehead atoms. The predicted molar refractivity (Wildman–Crippen MR) is 64.0 cm³/mol. The van der Waals surface area contributed by atoms with Crippen LogP contribution in [0.4, 0.5) is 0 Å². The summed E-state index contributed by atoms with van der Waals surface area (Å²) in [6, 6.07) is 0. The van der Waals surface area contributed by atoms with Crippen LogP contribution in [0.1, 0.15) is 13.3 Å². The lowest BCUT2D eigenvalue weighted by Crippen LogP contribution is -2.46. The molecule has 0 spiro atoms. The molecule has 2 aliphatic heterocycles. The molecule has 3 heteroatoms. The van der Waals surface area contributed by atoms with Gasteiger partial charge in [0.05, 0.1) is 0 Å². The maximum atomic E-state index is 4.53. The van der Waals surface area contributed by atoms with Crippen molar-refractivity contribution in [1.29, 1.82) is 0 Å². The Morgan fingerprint density at radius 2 is 1.93 bits per heavy atom. The van der Waals surface area contributed by atoms with E-state index in [-0.39, 0.29) is 0 Å². The molecular weight excluding hydrogens is 186 g/mol. The highest BCUT2D eigenvalue weighted by Crippen LogP contribution is 2.09. The molecule has 0 N–H and O–H groups in total. The summed E-state index contributed by atoms with van der Waals surface area (Å²) in [5.74, 6) is 1.12. The van der Waals surface area contributed by atoms with Crippen molar-refractivity contribution in [1.82, 2.24) is 9.80 Å². The third-order valence-corrected chi connectivity index (χ3v) is 2.95. The number of allylic oxidation sites excluding steroid dienone is 2. The Hall–Kier alpha value is -1.09. The number of likely N-dealkylation sites (N-methyl/N-ethyl adjacent to an activating group) is 1. The normalized spacial score (nSPS) is 23.5. The summed E-state index contributed by atoms with van der Waals surface area (Å²) in [6.45, 7) is 6.57. The molecular formula is C12H19N3. The Kier molecular flexibility index (Phi) is 3.21. The smallest absolute Gasteiger partial charge is 0.128 e. The largest absolute Gasteiger partial charge is 0.354 e. The van der Waals surface area contributed by atoms with Crippen molar-refractivity contribution in [2.75, 3.05) is 33.2 Å². The second-order valence-corrected chi connectivity index (χ2v) is 4.36. The highest BCUT2D eigenvalue weighted by atomic mass is 15.3. The Morgan fingerprint density at radius 3 is 2.67 bits per heavy atom. The molecule has 2 rings (SSSR count). The first-order valence-corrected chi connectivity index (χ1v) is 5.59. The maximum Gasteiger partial charge on any atom is 0.128 e. The molecule has 0 atom stereocenters. The molecule has 0 aromatic heterocycles. The lowest BCUT2D eigenvalue weighted by atomic mass is 10.2. The van der Waals surface area contributed by atoms with Crippen LogP contribution in [-0.4, -0.2) is 48.9 Å². The van der Waals surface area contributed by atoms with Crippen LogP contribution in [0.3, 0.4) is 0 Å². The summed E-state index contributed by atoms with van der Waals surface area (Å²) >= 11 is 0. The molecule has 1 fully saturated rings. The van der Waals surface area contributed by atoms with E-state index >= 15 is 0 Å². The number of piperazine rings is 1. The monoisotopic (exact) mass is 205 g/mol. The van der Waals surface area contributed by atoms with Crippen molar-refractivity contribution in [3.05, 3.63) is 23.9 Å². The summed E-state index contributed by atoms with van der Waals surface area (Å²) in [5, 5.41) is 0. The molecule has 82 valence electrons. The van der Waals surface area contributed by atoms with Gasteiger partial charge in [0.25, 0.3) is 0 Å². The molecule has 0 aromatic carbocycles. The van der Waals surface area contributed by atoms with Crippen LogP contribution in [-0.2, 0) is 0 Å². The van der Waals surface area contributed by atoms with Crippen LogP contribution < -0.4 is 0 Å². The van der Waals surface area contributed by atoms with Gasteiger partial charge in [0, 0.05) is 32.4 Å². The van der Waals surface area contributed by atoms with Crippen LogP contribution in [0.15, 0.2) is 28.9 Å². The third kappa shape index (κ3) is 2.69. The van der Waals surface area contributed by atoms with Gasteiger partial charge >= 0.3 is 0 Å². The molecule has 0 unspecified atom stereocenters. The van der Waals surface area contributed by atoms with Gasteiger partial charge in [-0.25, -0.2) is 4.99 Å². The highest BCUT2D eigenvalue weighted by Gasteiger charge is 2.15. The molecule has 0 aromatic rings. The Bertz CT molecular complexity index is 307. The first-order valence-electron chi connectivity index (χ1n) is 5.59. The average molecular weight is 205 g/mol. The fourth-order valence-electron chi connectivity index (χ4n) is 1.84. The molecule has 1 saturated heterocycles. The van der Waals surface area contributed by atoms with Crippen molar-refractivity contribution in [2.45, 2.75) is 13.3 Å². The molecule has 15 heavy (non-hydrogen) atoms. The number of aliphatic imine (C=N–C) groups is 1. The number of hydrogen-bond acceptors (Lipinski definition) is 3. The van der Waals surface area contributed by atoms with E-state index in [1.54, 1.807) is 0 Å². The van der Waals surface area contributed by atoms with Gasteiger partial charge in [-0.3, -0.25) is 0 Å². The Balaban J connectivity index is 2.04.